The number of carbonyl (C=O) groups is 2. The topological polar surface area (TPSA) is 56.2 Å². The van der Waals surface area contributed by atoms with Crippen LogP contribution in [0.4, 0.5) is 0 Å². The number of fused-ring (bicyclic) bond motifs is 1. The maximum atomic E-state index is 12.0. The second-order valence-electron chi connectivity index (χ2n) is 3.99. The van der Waals surface area contributed by atoms with Crippen molar-refractivity contribution in [3.8, 4) is 0 Å². The second kappa shape index (κ2) is 3.22. The Kier molecular flexibility index (Phi) is 2.13. The standard InChI is InChI=1S/C9H14N4O2/c1-11-4-6(14)13(3)8-7(9(11)15)12(2)5-10-8/h5,7-8H,4H2,1-3H3. The van der Waals surface area contributed by atoms with Crippen LogP contribution in [0.25, 0.3) is 0 Å². The minimum Gasteiger partial charge on any atom is -0.351 e. The molecule has 2 rings (SSSR count). The molecule has 0 saturated carbocycles. The van der Waals surface area contributed by atoms with E-state index in [2.05, 4.69) is 4.99 Å². The highest BCUT2D eigenvalue weighted by Crippen LogP contribution is 2.20. The van der Waals surface area contributed by atoms with Crippen LogP contribution in [0.5, 0.6) is 0 Å². The summed E-state index contributed by atoms with van der Waals surface area (Å²) in [7, 11) is 5.12. The monoisotopic (exact) mass is 210 g/mol. The van der Waals surface area contributed by atoms with Gasteiger partial charge in [-0.15, -0.1) is 0 Å². The van der Waals surface area contributed by atoms with Crippen LogP contribution in [-0.4, -0.2) is 72.7 Å². The Morgan fingerprint density at radius 1 is 1.33 bits per heavy atom. The summed E-state index contributed by atoms with van der Waals surface area (Å²) in [6.45, 7) is 0.131. The molecule has 2 aliphatic rings. The van der Waals surface area contributed by atoms with Crippen LogP contribution in [-0.2, 0) is 9.59 Å². The largest absolute Gasteiger partial charge is 0.351 e. The van der Waals surface area contributed by atoms with Gasteiger partial charge in [0, 0.05) is 21.1 Å². The van der Waals surface area contributed by atoms with Crippen LogP contribution in [0.2, 0.25) is 0 Å². The van der Waals surface area contributed by atoms with Gasteiger partial charge < -0.3 is 14.7 Å². The van der Waals surface area contributed by atoms with Crippen LogP contribution < -0.4 is 0 Å². The fourth-order valence-corrected chi connectivity index (χ4v) is 1.92. The van der Waals surface area contributed by atoms with Gasteiger partial charge in [0.25, 0.3) is 0 Å². The fourth-order valence-electron chi connectivity index (χ4n) is 1.92. The molecule has 0 aliphatic carbocycles. The zero-order valence-corrected chi connectivity index (χ0v) is 9.04. The third kappa shape index (κ3) is 1.36. The molecule has 0 radical (unpaired) electrons. The van der Waals surface area contributed by atoms with Crippen LogP contribution in [0.15, 0.2) is 4.99 Å². The second-order valence-corrected chi connectivity index (χ2v) is 3.99. The molecule has 0 N–H and O–H groups in total. The maximum absolute atomic E-state index is 12.0. The Morgan fingerprint density at radius 2 is 2.00 bits per heavy atom. The quantitative estimate of drug-likeness (QED) is 0.493. The Morgan fingerprint density at radius 3 is 2.67 bits per heavy atom. The number of likely N-dealkylation sites (N-methyl/N-ethyl adjacent to an activating group) is 3. The Balaban J connectivity index is 2.36. The first kappa shape index (κ1) is 9.95. The van der Waals surface area contributed by atoms with E-state index in [1.807, 2.05) is 0 Å². The average Bonchev–Trinajstić information content (AvgIpc) is 2.54. The smallest absolute Gasteiger partial charge is 0.249 e. The van der Waals surface area contributed by atoms with E-state index >= 15 is 0 Å². The van der Waals surface area contributed by atoms with Crippen molar-refractivity contribution in [2.24, 2.45) is 4.99 Å². The molecular formula is C9H14N4O2. The molecule has 2 amide bonds. The molecular weight excluding hydrogens is 196 g/mol. The third-order valence-electron chi connectivity index (χ3n) is 2.91. The summed E-state index contributed by atoms with van der Waals surface area (Å²) < 4.78 is 0. The van der Waals surface area contributed by atoms with Gasteiger partial charge in [-0.3, -0.25) is 9.59 Å². The summed E-state index contributed by atoms with van der Waals surface area (Å²) in [5, 5.41) is 0. The van der Waals surface area contributed by atoms with E-state index in [9.17, 15) is 9.59 Å². The molecule has 1 saturated heterocycles. The fraction of sp³-hybridized carbons (Fsp3) is 0.667. The lowest BCUT2D eigenvalue weighted by molar-refractivity contribution is -0.135. The average molecular weight is 210 g/mol. The maximum Gasteiger partial charge on any atom is 0.249 e. The van der Waals surface area contributed by atoms with Crippen molar-refractivity contribution in [2.45, 2.75) is 12.2 Å². The van der Waals surface area contributed by atoms with Crippen molar-refractivity contribution in [2.75, 3.05) is 27.7 Å². The molecule has 0 spiro atoms. The summed E-state index contributed by atoms with van der Waals surface area (Å²) in [6, 6.07) is -0.369. The van der Waals surface area contributed by atoms with Gasteiger partial charge in [0.2, 0.25) is 11.8 Å². The van der Waals surface area contributed by atoms with E-state index in [4.69, 9.17) is 0 Å². The van der Waals surface area contributed by atoms with Crippen molar-refractivity contribution in [1.29, 1.82) is 0 Å². The van der Waals surface area contributed by atoms with E-state index in [0.29, 0.717) is 0 Å². The molecule has 1 fully saturated rings. The van der Waals surface area contributed by atoms with Gasteiger partial charge in [0.1, 0.15) is 6.04 Å². The molecule has 0 aromatic carbocycles. The molecule has 2 heterocycles. The molecule has 2 unspecified atom stereocenters. The van der Waals surface area contributed by atoms with Gasteiger partial charge in [0.05, 0.1) is 12.9 Å². The Labute approximate surface area is 88.1 Å². The lowest BCUT2D eigenvalue weighted by atomic mass is 10.2. The molecule has 0 aromatic rings. The van der Waals surface area contributed by atoms with Gasteiger partial charge in [-0.25, -0.2) is 4.99 Å². The van der Waals surface area contributed by atoms with Crippen LogP contribution >= 0.6 is 0 Å². The van der Waals surface area contributed by atoms with Crippen LogP contribution in [0.1, 0.15) is 0 Å². The Bertz CT molecular complexity index is 341. The highest BCUT2D eigenvalue weighted by Gasteiger charge is 2.43. The molecule has 82 valence electrons. The lowest BCUT2D eigenvalue weighted by Gasteiger charge is -2.26. The summed E-state index contributed by atoms with van der Waals surface area (Å²) in [5.41, 5.74) is 0. The number of hydrogen-bond donors (Lipinski definition) is 0. The highest BCUT2D eigenvalue weighted by molar-refractivity contribution is 5.93. The number of nitrogens with zero attached hydrogens (tertiary/aromatic N) is 4. The zero-order valence-electron chi connectivity index (χ0n) is 9.04. The van der Waals surface area contributed by atoms with Crippen molar-refractivity contribution in [1.82, 2.24) is 14.7 Å². The SMILES string of the molecule is CN1CC(=O)N(C)C2N=CN(C)C2C1=O. The van der Waals surface area contributed by atoms with Gasteiger partial charge in [-0.05, 0) is 0 Å². The first-order chi connectivity index (χ1) is 7.02. The Hall–Kier alpha value is -1.59. The van der Waals surface area contributed by atoms with Crippen molar-refractivity contribution in [3.05, 3.63) is 0 Å². The normalized spacial score (nSPS) is 31.0. The van der Waals surface area contributed by atoms with Crippen LogP contribution in [0.3, 0.4) is 0 Å². The zero-order chi connectivity index (χ0) is 11.2. The number of aliphatic imine (C=N–C) groups is 1. The number of carbonyl (C=O) groups excluding carboxylic acids is 2. The van der Waals surface area contributed by atoms with Gasteiger partial charge in [0.15, 0.2) is 6.17 Å². The van der Waals surface area contributed by atoms with Gasteiger partial charge >= 0.3 is 0 Å². The predicted octanol–water partition coefficient (Wildman–Crippen LogP) is -1.41. The first-order valence-electron chi connectivity index (χ1n) is 4.78. The summed E-state index contributed by atoms with van der Waals surface area (Å²) in [4.78, 5) is 32.5. The minimum atomic E-state index is -0.375. The number of hydrogen-bond acceptors (Lipinski definition) is 4. The molecule has 6 nitrogen and oxygen atoms in total. The highest BCUT2D eigenvalue weighted by atomic mass is 16.2. The number of rotatable bonds is 0. The number of amides is 2. The summed E-state index contributed by atoms with van der Waals surface area (Å²) in [6.07, 6.45) is 1.23. The minimum absolute atomic E-state index is 0.0577. The molecule has 15 heavy (non-hydrogen) atoms. The molecule has 2 aliphatic heterocycles. The van der Waals surface area contributed by atoms with Crippen molar-refractivity contribution < 1.29 is 9.59 Å². The van der Waals surface area contributed by atoms with Crippen molar-refractivity contribution >= 4 is 18.2 Å². The molecule has 0 aromatic heterocycles. The first-order valence-corrected chi connectivity index (χ1v) is 4.78. The lowest BCUT2D eigenvalue weighted by Crippen LogP contribution is -2.49. The van der Waals surface area contributed by atoms with E-state index < -0.39 is 0 Å². The third-order valence-corrected chi connectivity index (χ3v) is 2.91. The van der Waals surface area contributed by atoms with E-state index in [-0.39, 0.29) is 30.6 Å². The molecule has 6 heteroatoms. The van der Waals surface area contributed by atoms with Crippen molar-refractivity contribution in [3.63, 3.8) is 0 Å². The molecule has 2 atom stereocenters. The van der Waals surface area contributed by atoms with Crippen LogP contribution in [0, 0.1) is 0 Å². The summed E-state index contributed by atoms with van der Waals surface area (Å²) in [5.74, 6) is -0.136. The predicted molar refractivity (Wildman–Crippen MR) is 54.2 cm³/mol. The molecule has 0 bridgehead atoms. The van der Waals surface area contributed by atoms with Gasteiger partial charge in [-0.1, -0.05) is 0 Å². The van der Waals surface area contributed by atoms with E-state index in [0.717, 1.165) is 0 Å². The summed E-state index contributed by atoms with van der Waals surface area (Å²) >= 11 is 0. The van der Waals surface area contributed by atoms with Gasteiger partial charge in [-0.2, -0.15) is 0 Å². The van der Waals surface area contributed by atoms with E-state index in [1.54, 1.807) is 32.4 Å². The van der Waals surface area contributed by atoms with E-state index in [1.165, 1.54) is 9.80 Å².